The summed E-state index contributed by atoms with van der Waals surface area (Å²) in [6.45, 7) is -1.40. The second-order valence-electron chi connectivity index (χ2n) is 9.88. The van der Waals surface area contributed by atoms with Gasteiger partial charge in [0.25, 0.3) is 11.6 Å². The lowest BCUT2D eigenvalue weighted by molar-refractivity contribution is -0.383. The van der Waals surface area contributed by atoms with Crippen molar-refractivity contribution in [3.8, 4) is 5.75 Å². The third kappa shape index (κ3) is 3.89. The van der Waals surface area contributed by atoms with E-state index in [1.165, 1.54) is 25.3 Å². The van der Waals surface area contributed by atoms with Crippen LogP contribution in [0, 0.1) is 22.0 Å². The third-order valence-electron chi connectivity index (χ3n) is 7.87. The molecule has 0 unspecified atom stereocenters. The fraction of sp³-hybridized carbons (Fsp3) is 0.241. The number of ether oxygens (including phenoxy) is 2. The molecule has 0 saturated carbocycles. The minimum absolute atomic E-state index is 0.131. The zero-order valence-corrected chi connectivity index (χ0v) is 21.2. The molecule has 4 aliphatic rings. The zero-order valence-electron chi connectivity index (χ0n) is 21.2. The van der Waals surface area contributed by atoms with Crippen molar-refractivity contribution in [2.24, 2.45) is 11.8 Å². The Hall–Kier alpha value is -5.06. The standard InChI is InChI=1S/C29H23N3O8/c1-39-15-10-11-21(32(37)38)20(12-15)30-22(33)14-40-23(34)13-31-28(35)26-24-16-6-2-3-7-17(16)25(27(26)29(31)36)19-9-5-4-8-18(19)24/h2-12,24-27H,13-14H2,1H3,(H,30,33)/t24?,25?,26-,27+. The van der Waals surface area contributed by atoms with E-state index in [1.807, 2.05) is 48.5 Å². The van der Waals surface area contributed by atoms with E-state index >= 15 is 0 Å². The van der Waals surface area contributed by atoms with Crippen LogP contribution in [0.15, 0.2) is 66.7 Å². The molecular weight excluding hydrogens is 518 g/mol. The van der Waals surface area contributed by atoms with Crippen LogP contribution in [-0.2, 0) is 23.9 Å². The third-order valence-corrected chi connectivity index (χ3v) is 7.87. The van der Waals surface area contributed by atoms with Crippen LogP contribution >= 0.6 is 0 Å². The van der Waals surface area contributed by atoms with Gasteiger partial charge >= 0.3 is 5.97 Å². The summed E-state index contributed by atoms with van der Waals surface area (Å²) in [5.41, 5.74) is 3.56. The molecule has 40 heavy (non-hydrogen) atoms. The van der Waals surface area contributed by atoms with Gasteiger partial charge in [0.05, 0.1) is 23.9 Å². The highest BCUT2D eigenvalue weighted by molar-refractivity contribution is 6.09. The first-order chi connectivity index (χ1) is 19.3. The molecule has 3 amide bonds. The van der Waals surface area contributed by atoms with E-state index in [0.717, 1.165) is 27.2 Å². The SMILES string of the molecule is COc1ccc([N+](=O)[O-])c(NC(=O)COC(=O)CN2C(=O)[C@@H]3C4c5ccccc5C(c5ccccc54)[C@@H]3C2=O)c1. The molecule has 1 aliphatic heterocycles. The molecule has 3 aromatic carbocycles. The van der Waals surface area contributed by atoms with Gasteiger partial charge in [-0.25, -0.2) is 0 Å². The van der Waals surface area contributed by atoms with Crippen LogP contribution in [-0.4, -0.2) is 53.8 Å². The van der Waals surface area contributed by atoms with Crippen LogP contribution in [0.4, 0.5) is 11.4 Å². The second-order valence-corrected chi connectivity index (χ2v) is 9.88. The first-order valence-corrected chi connectivity index (χ1v) is 12.6. The van der Waals surface area contributed by atoms with Gasteiger partial charge in [0.2, 0.25) is 11.8 Å². The zero-order chi connectivity index (χ0) is 28.1. The molecule has 202 valence electrons. The average Bonchev–Trinajstić information content (AvgIpc) is 3.21. The number of nitro benzene ring substituents is 1. The average molecular weight is 542 g/mol. The Labute approximate surface area is 227 Å². The van der Waals surface area contributed by atoms with Crippen molar-refractivity contribution in [2.75, 3.05) is 25.6 Å². The number of nitrogens with one attached hydrogen (secondary N) is 1. The molecule has 1 N–H and O–H groups in total. The highest BCUT2D eigenvalue weighted by Crippen LogP contribution is 2.60. The van der Waals surface area contributed by atoms with E-state index in [4.69, 9.17) is 9.47 Å². The summed E-state index contributed by atoms with van der Waals surface area (Å²) in [6.07, 6.45) is 0. The van der Waals surface area contributed by atoms with E-state index in [1.54, 1.807) is 0 Å². The summed E-state index contributed by atoms with van der Waals surface area (Å²) in [5.74, 6) is -4.25. The van der Waals surface area contributed by atoms with Gasteiger partial charge in [-0.3, -0.25) is 34.2 Å². The number of carbonyl (C=O) groups is 4. The van der Waals surface area contributed by atoms with E-state index in [9.17, 15) is 29.3 Å². The molecule has 7 rings (SSSR count). The molecule has 0 radical (unpaired) electrons. The van der Waals surface area contributed by atoms with E-state index in [0.29, 0.717) is 0 Å². The van der Waals surface area contributed by atoms with Gasteiger partial charge in [-0.05, 0) is 28.3 Å². The van der Waals surface area contributed by atoms with Gasteiger partial charge in [0, 0.05) is 24.0 Å². The summed E-state index contributed by atoms with van der Waals surface area (Å²) < 4.78 is 10.1. The lowest BCUT2D eigenvalue weighted by Gasteiger charge is -2.45. The van der Waals surface area contributed by atoms with Crippen LogP contribution in [0.25, 0.3) is 0 Å². The van der Waals surface area contributed by atoms with Crippen LogP contribution < -0.4 is 10.1 Å². The van der Waals surface area contributed by atoms with Crippen molar-refractivity contribution in [1.82, 2.24) is 4.90 Å². The van der Waals surface area contributed by atoms with Crippen molar-refractivity contribution in [3.05, 3.63) is 99.1 Å². The maximum Gasteiger partial charge on any atom is 0.326 e. The summed E-state index contributed by atoms with van der Waals surface area (Å²) in [7, 11) is 1.37. The summed E-state index contributed by atoms with van der Waals surface area (Å²) >= 11 is 0. The fourth-order valence-corrected chi connectivity index (χ4v) is 6.30. The van der Waals surface area contributed by atoms with Gasteiger partial charge in [0.15, 0.2) is 6.61 Å². The molecule has 1 saturated heterocycles. The number of imide groups is 1. The maximum atomic E-state index is 13.6. The number of likely N-dealkylation sites (tertiary alicyclic amines) is 1. The largest absolute Gasteiger partial charge is 0.497 e. The van der Waals surface area contributed by atoms with Crippen molar-refractivity contribution in [3.63, 3.8) is 0 Å². The van der Waals surface area contributed by atoms with Gasteiger partial charge < -0.3 is 14.8 Å². The van der Waals surface area contributed by atoms with Crippen LogP contribution in [0.3, 0.4) is 0 Å². The lowest BCUT2D eigenvalue weighted by atomic mass is 9.55. The first-order valence-electron chi connectivity index (χ1n) is 12.6. The molecule has 3 aromatic rings. The van der Waals surface area contributed by atoms with E-state index in [2.05, 4.69) is 5.32 Å². The molecule has 2 bridgehead atoms. The quantitative estimate of drug-likeness (QED) is 0.208. The Morgan fingerprint density at radius 2 is 1.43 bits per heavy atom. The molecule has 1 fully saturated rings. The molecular formula is C29H23N3O8. The number of nitro groups is 1. The Balaban J connectivity index is 1.16. The van der Waals surface area contributed by atoms with Crippen molar-refractivity contribution in [1.29, 1.82) is 0 Å². The minimum Gasteiger partial charge on any atom is -0.497 e. The molecule has 3 aliphatic carbocycles. The highest BCUT2D eigenvalue weighted by atomic mass is 16.6. The number of carbonyl (C=O) groups excluding carboxylic acids is 4. The molecule has 0 spiro atoms. The van der Waals surface area contributed by atoms with Gasteiger partial charge in [-0.15, -0.1) is 0 Å². The van der Waals surface area contributed by atoms with Crippen molar-refractivity contribution >= 4 is 35.1 Å². The Morgan fingerprint density at radius 1 is 0.900 bits per heavy atom. The number of anilines is 1. The molecule has 1 heterocycles. The number of hydrogen-bond donors (Lipinski definition) is 1. The summed E-state index contributed by atoms with van der Waals surface area (Å²) in [5, 5.41) is 13.6. The number of benzene rings is 3. The Kier molecular flexibility index (Phi) is 6.05. The van der Waals surface area contributed by atoms with E-state index < -0.39 is 53.6 Å². The van der Waals surface area contributed by atoms with Crippen LogP contribution in [0.1, 0.15) is 34.1 Å². The van der Waals surface area contributed by atoms with Gasteiger partial charge in [-0.2, -0.15) is 0 Å². The van der Waals surface area contributed by atoms with Crippen molar-refractivity contribution < 1.29 is 33.6 Å². The molecule has 2 atom stereocenters. The fourth-order valence-electron chi connectivity index (χ4n) is 6.30. The predicted octanol–water partition coefficient (Wildman–Crippen LogP) is 2.98. The highest BCUT2D eigenvalue weighted by Gasteiger charge is 2.61. The predicted molar refractivity (Wildman–Crippen MR) is 140 cm³/mol. The monoisotopic (exact) mass is 541 g/mol. The number of esters is 1. The topological polar surface area (TPSA) is 145 Å². The first kappa shape index (κ1) is 25.2. The number of amides is 3. The second kappa shape index (κ2) is 9.60. The number of hydrogen-bond acceptors (Lipinski definition) is 8. The van der Waals surface area contributed by atoms with Crippen LogP contribution in [0.5, 0.6) is 5.75 Å². The Morgan fingerprint density at radius 3 is 1.90 bits per heavy atom. The maximum absolute atomic E-state index is 13.6. The molecule has 0 aromatic heterocycles. The number of methoxy groups -OCH3 is 1. The van der Waals surface area contributed by atoms with E-state index in [-0.39, 0.29) is 29.0 Å². The van der Waals surface area contributed by atoms with Crippen LogP contribution in [0.2, 0.25) is 0 Å². The van der Waals surface area contributed by atoms with Gasteiger partial charge in [0.1, 0.15) is 18.0 Å². The summed E-state index contributed by atoms with van der Waals surface area (Å²) in [6, 6.07) is 19.4. The molecule has 11 nitrogen and oxygen atoms in total. The van der Waals surface area contributed by atoms with Gasteiger partial charge in [-0.1, -0.05) is 48.5 Å². The summed E-state index contributed by atoms with van der Waals surface area (Å²) in [4.78, 5) is 63.8. The van der Waals surface area contributed by atoms with Crippen molar-refractivity contribution in [2.45, 2.75) is 11.8 Å². The number of rotatable bonds is 7. The minimum atomic E-state index is -0.946. The molecule has 11 heteroatoms. The Bertz CT molecular complexity index is 1490. The number of nitrogens with zero attached hydrogens (tertiary/aromatic N) is 2. The lowest BCUT2D eigenvalue weighted by Crippen LogP contribution is -2.41. The normalized spacial score (nSPS) is 21.8. The smallest absolute Gasteiger partial charge is 0.326 e.